The maximum absolute atomic E-state index is 12.4. The zero-order valence-corrected chi connectivity index (χ0v) is 20.4. The Morgan fingerprint density at radius 3 is 2.40 bits per heavy atom. The molecule has 1 heterocycles. The lowest BCUT2D eigenvalue weighted by Crippen LogP contribution is -2.46. The highest BCUT2D eigenvalue weighted by Crippen LogP contribution is 2.22. The highest BCUT2D eigenvalue weighted by atomic mass is 35.5. The SMILES string of the molecule is O=C(NC(=S)Nc1ccc(N2CCN(Cc3ccccc3Cl)CC2)cc1)c1cccc([N+](=O)[O-])c1. The molecule has 35 heavy (non-hydrogen) atoms. The Labute approximate surface area is 213 Å². The van der Waals surface area contributed by atoms with Crippen LogP contribution in [0.1, 0.15) is 15.9 Å². The minimum Gasteiger partial charge on any atom is -0.369 e. The second kappa shape index (κ2) is 11.3. The van der Waals surface area contributed by atoms with Crippen LogP contribution >= 0.6 is 23.8 Å². The maximum Gasteiger partial charge on any atom is 0.270 e. The average molecular weight is 510 g/mol. The van der Waals surface area contributed by atoms with Gasteiger partial charge < -0.3 is 10.2 Å². The first kappa shape index (κ1) is 24.6. The van der Waals surface area contributed by atoms with Crippen molar-refractivity contribution in [1.29, 1.82) is 0 Å². The molecular formula is C25H24ClN5O3S. The van der Waals surface area contributed by atoms with Crippen molar-refractivity contribution < 1.29 is 9.72 Å². The summed E-state index contributed by atoms with van der Waals surface area (Å²) in [5, 5.41) is 17.4. The predicted octanol–water partition coefficient (Wildman–Crippen LogP) is 4.70. The molecule has 0 spiro atoms. The molecule has 3 aromatic rings. The summed E-state index contributed by atoms with van der Waals surface area (Å²) in [5.74, 6) is -0.516. The zero-order chi connectivity index (χ0) is 24.8. The topological polar surface area (TPSA) is 90.8 Å². The third-order valence-corrected chi connectivity index (χ3v) is 6.33. The number of halogens is 1. The summed E-state index contributed by atoms with van der Waals surface area (Å²) < 4.78 is 0. The number of hydrogen-bond donors (Lipinski definition) is 2. The van der Waals surface area contributed by atoms with Gasteiger partial charge in [0.05, 0.1) is 4.92 Å². The molecule has 8 nitrogen and oxygen atoms in total. The van der Waals surface area contributed by atoms with Crippen molar-refractivity contribution in [3.63, 3.8) is 0 Å². The molecule has 0 saturated carbocycles. The van der Waals surface area contributed by atoms with Crippen LogP contribution in [0.25, 0.3) is 0 Å². The van der Waals surface area contributed by atoms with Crippen molar-refractivity contribution in [2.75, 3.05) is 36.4 Å². The van der Waals surface area contributed by atoms with Gasteiger partial charge in [-0.3, -0.25) is 25.1 Å². The third-order valence-electron chi connectivity index (χ3n) is 5.76. The number of thiocarbonyl (C=S) groups is 1. The van der Waals surface area contributed by atoms with E-state index in [1.807, 2.05) is 42.5 Å². The van der Waals surface area contributed by atoms with Crippen LogP contribution in [0.3, 0.4) is 0 Å². The second-order valence-electron chi connectivity index (χ2n) is 8.12. The molecule has 0 atom stereocenters. The lowest BCUT2D eigenvalue weighted by Gasteiger charge is -2.36. The summed E-state index contributed by atoms with van der Waals surface area (Å²) in [6, 6.07) is 21.3. The van der Waals surface area contributed by atoms with E-state index in [2.05, 4.69) is 26.5 Å². The van der Waals surface area contributed by atoms with Gasteiger partial charge in [-0.2, -0.15) is 0 Å². The van der Waals surface area contributed by atoms with Gasteiger partial charge in [-0.1, -0.05) is 35.9 Å². The fraction of sp³-hybridized carbons (Fsp3) is 0.200. The van der Waals surface area contributed by atoms with Crippen molar-refractivity contribution in [2.24, 2.45) is 0 Å². The molecule has 0 bridgehead atoms. The van der Waals surface area contributed by atoms with Crippen molar-refractivity contribution in [3.8, 4) is 0 Å². The number of carbonyl (C=O) groups is 1. The van der Waals surface area contributed by atoms with E-state index >= 15 is 0 Å². The van der Waals surface area contributed by atoms with Gasteiger partial charge in [-0.15, -0.1) is 0 Å². The summed E-state index contributed by atoms with van der Waals surface area (Å²) >= 11 is 11.5. The van der Waals surface area contributed by atoms with Gasteiger partial charge in [0, 0.05) is 66.8 Å². The number of amides is 1. The van der Waals surface area contributed by atoms with Crippen LogP contribution in [-0.2, 0) is 6.54 Å². The fourth-order valence-electron chi connectivity index (χ4n) is 3.89. The number of nitro benzene ring substituents is 1. The Hall–Kier alpha value is -3.53. The van der Waals surface area contributed by atoms with Gasteiger partial charge in [0.25, 0.3) is 11.6 Å². The third kappa shape index (κ3) is 6.54. The van der Waals surface area contributed by atoms with E-state index in [1.54, 1.807) is 0 Å². The number of nitrogens with zero attached hydrogens (tertiary/aromatic N) is 3. The Balaban J connectivity index is 1.27. The number of hydrogen-bond acceptors (Lipinski definition) is 6. The Bertz CT molecular complexity index is 1230. The minimum absolute atomic E-state index is 0.113. The number of piperazine rings is 1. The molecule has 1 aliphatic rings. The minimum atomic E-state index is -0.548. The van der Waals surface area contributed by atoms with Crippen LogP contribution in [0.15, 0.2) is 72.8 Å². The zero-order valence-electron chi connectivity index (χ0n) is 18.8. The quantitative estimate of drug-likeness (QED) is 0.283. The summed E-state index contributed by atoms with van der Waals surface area (Å²) in [5.41, 5.74) is 2.99. The predicted molar refractivity (Wildman–Crippen MR) is 142 cm³/mol. The molecule has 10 heteroatoms. The van der Waals surface area contributed by atoms with Crippen molar-refractivity contribution in [1.82, 2.24) is 10.2 Å². The van der Waals surface area contributed by atoms with Crippen LogP contribution in [0.4, 0.5) is 17.1 Å². The molecule has 0 aliphatic carbocycles. The number of anilines is 2. The summed E-state index contributed by atoms with van der Waals surface area (Å²) in [6.45, 7) is 4.55. The molecule has 2 N–H and O–H groups in total. The molecule has 1 saturated heterocycles. The molecular weight excluding hydrogens is 486 g/mol. The van der Waals surface area contributed by atoms with E-state index in [-0.39, 0.29) is 16.4 Å². The van der Waals surface area contributed by atoms with Gasteiger partial charge in [-0.25, -0.2) is 0 Å². The summed E-state index contributed by atoms with van der Waals surface area (Å²) in [4.78, 5) is 27.5. The van der Waals surface area contributed by atoms with E-state index in [0.717, 1.165) is 54.7 Å². The Morgan fingerprint density at radius 1 is 1.00 bits per heavy atom. The number of nitro groups is 1. The van der Waals surface area contributed by atoms with Gasteiger partial charge >= 0.3 is 0 Å². The standard InChI is InChI=1S/C25H24ClN5O3S/c26-23-7-2-1-4-19(23)17-29-12-14-30(15-13-29)21-10-8-20(9-11-21)27-25(35)28-24(32)18-5-3-6-22(16-18)31(33)34/h1-11,16H,12-15,17H2,(H2,27,28,32,35). The molecule has 0 aromatic heterocycles. The first-order valence-corrected chi connectivity index (χ1v) is 11.9. The van der Waals surface area contributed by atoms with Crippen molar-refractivity contribution in [2.45, 2.75) is 6.54 Å². The van der Waals surface area contributed by atoms with E-state index < -0.39 is 10.8 Å². The van der Waals surface area contributed by atoms with E-state index in [4.69, 9.17) is 23.8 Å². The highest BCUT2D eigenvalue weighted by molar-refractivity contribution is 7.80. The number of benzene rings is 3. The van der Waals surface area contributed by atoms with Gasteiger partial charge in [-0.05, 0) is 54.2 Å². The monoisotopic (exact) mass is 509 g/mol. The summed E-state index contributed by atoms with van der Waals surface area (Å²) in [6.07, 6.45) is 0. The van der Waals surface area contributed by atoms with E-state index in [9.17, 15) is 14.9 Å². The number of rotatable bonds is 6. The first-order chi connectivity index (χ1) is 16.9. The van der Waals surface area contributed by atoms with Crippen LogP contribution in [0.2, 0.25) is 5.02 Å². The molecule has 0 radical (unpaired) electrons. The molecule has 4 rings (SSSR count). The lowest BCUT2D eigenvalue weighted by molar-refractivity contribution is -0.384. The van der Waals surface area contributed by atoms with Crippen molar-refractivity contribution >= 4 is 51.9 Å². The molecule has 3 aromatic carbocycles. The highest BCUT2D eigenvalue weighted by Gasteiger charge is 2.18. The Morgan fingerprint density at radius 2 is 1.71 bits per heavy atom. The van der Waals surface area contributed by atoms with Crippen LogP contribution in [0.5, 0.6) is 0 Å². The number of carbonyl (C=O) groups excluding carboxylic acids is 1. The first-order valence-electron chi connectivity index (χ1n) is 11.1. The van der Waals surface area contributed by atoms with Gasteiger partial charge in [0.2, 0.25) is 0 Å². The van der Waals surface area contributed by atoms with Gasteiger partial charge in [0.15, 0.2) is 5.11 Å². The summed E-state index contributed by atoms with van der Waals surface area (Å²) in [7, 11) is 0. The Kier molecular flexibility index (Phi) is 7.91. The smallest absolute Gasteiger partial charge is 0.270 e. The maximum atomic E-state index is 12.4. The van der Waals surface area contributed by atoms with E-state index in [1.165, 1.54) is 24.3 Å². The number of non-ortho nitro benzene ring substituents is 1. The molecule has 1 aliphatic heterocycles. The molecule has 0 unspecified atom stereocenters. The lowest BCUT2D eigenvalue weighted by atomic mass is 10.2. The van der Waals surface area contributed by atoms with Crippen LogP contribution in [0, 0.1) is 10.1 Å². The molecule has 1 amide bonds. The van der Waals surface area contributed by atoms with E-state index in [0.29, 0.717) is 0 Å². The number of nitrogens with one attached hydrogen (secondary N) is 2. The van der Waals surface area contributed by atoms with Crippen LogP contribution < -0.4 is 15.5 Å². The fourth-order valence-corrected chi connectivity index (χ4v) is 4.29. The second-order valence-corrected chi connectivity index (χ2v) is 8.93. The van der Waals surface area contributed by atoms with Crippen LogP contribution in [-0.4, -0.2) is 47.0 Å². The molecule has 180 valence electrons. The molecule has 1 fully saturated rings. The van der Waals surface area contributed by atoms with Gasteiger partial charge in [0.1, 0.15) is 0 Å². The van der Waals surface area contributed by atoms with Crippen molar-refractivity contribution in [3.05, 3.63) is 99.1 Å². The largest absolute Gasteiger partial charge is 0.369 e. The normalized spacial score (nSPS) is 13.8. The average Bonchev–Trinajstić information content (AvgIpc) is 2.86.